The summed E-state index contributed by atoms with van der Waals surface area (Å²) in [5.41, 5.74) is 2.46. The Morgan fingerprint density at radius 1 is 0.842 bits per heavy atom. The number of hydrogen-bond donors (Lipinski definition) is 0. The largest absolute Gasteiger partial charge is 0.204 e. The Hall–Kier alpha value is -1.86. The monoisotopic (exact) mass is 268 g/mol. The van der Waals surface area contributed by atoms with Crippen LogP contribution in [0, 0.1) is 0 Å². The maximum atomic E-state index is 6.16. The Labute approximate surface area is 118 Å². The van der Waals surface area contributed by atoms with Crippen LogP contribution in [0.2, 0.25) is 0 Å². The minimum atomic E-state index is 0.522. The zero-order valence-corrected chi connectivity index (χ0v) is 11.3. The van der Waals surface area contributed by atoms with Crippen LogP contribution in [0.1, 0.15) is 11.3 Å². The SMILES string of the molecule is ClCc1c2ccccc2cc[n+]1Cc1ccccc1. The fraction of sp³-hybridized carbons (Fsp3) is 0.118. The van der Waals surface area contributed by atoms with Gasteiger partial charge in [0.2, 0.25) is 5.69 Å². The third-order valence-electron chi connectivity index (χ3n) is 3.37. The van der Waals surface area contributed by atoms with Crippen LogP contribution in [0.4, 0.5) is 0 Å². The third kappa shape index (κ3) is 2.47. The normalized spacial score (nSPS) is 10.8. The van der Waals surface area contributed by atoms with Crippen molar-refractivity contribution in [3.8, 4) is 0 Å². The van der Waals surface area contributed by atoms with Gasteiger partial charge in [-0.05, 0) is 11.5 Å². The molecular weight excluding hydrogens is 254 g/mol. The molecule has 1 nitrogen and oxygen atoms in total. The van der Waals surface area contributed by atoms with E-state index in [9.17, 15) is 0 Å². The van der Waals surface area contributed by atoms with E-state index in [1.807, 2.05) is 6.07 Å². The van der Waals surface area contributed by atoms with Gasteiger partial charge in [0.05, 0.1) is 5.39 Å². The van der Waals surface area contributed by atoms with Crippen molar-refractivity contribution in [1.82, 2.24) is 0 Å². The van der Waals surface area contributed by atoms with Crippen LogP contribution in [-0.4, -0.2) is 0 Å². The number of nitrogens with zero attached hydrogens (tertiary/aromatic N) is 1. The van der Waals surface area contributed by atoms with Crippen molar-refractivity contribution >= 4 is 22.4 Å². The molecule has 1 heterocycles. The predicted octanol–water partition coefficient (Wildman–Crippen LogP) is 3.91. The summed E-state index contributed by atoms with van der Waals surface area (Å²) in [6, 6.07) is 21.0. The summed E-state index contributed by atoms with van der Waals surface area (Å²) in [4.78, 5) is 0. The van der Waals surface area contributed by atoms with Gasteiger partial charge < -0.3 is 0 Å². The summed E-state index contributed by atoms with van der Waals surface area (Å²) in [7, 11) is 0. The first-order valence-corrected chi connectivity index (χ1v) is 6.92. The van der Waals surface area contributed by atoms with Crippen LogP contribution >= 0.6 is 11.6 Å². The molecule has 0 aliphatic carbocycles. The number of halogens is 1. The summed E-state index contributed by atoms with van der Waals surface area (Å²) in [6.07, 6.45) is 2.12. The Bertz CT molecular complexity index is 692. The number of benzene rings is 2. The highest BCUT2D eigenvalue weighted by atomic mass is 35.5. The van der Waals surface area contributed by atoms with Crippen molar-refractivity contribution in [1.29, 1.82) is 0 Å². The molecule has 0 bridgehead atoms. The second-order valence-corrected chi connectivity index (χ2v) is 4.86. The van der Waals surface area contributed by atoms with Crippen molar-refractivity contribution in [2.75, 3.05) is 0 Å². The lowest BCUT2D eigenvalue weighted by Gasteiger charge is -2.05. The number of rotatable bonds is 3. The Morgan fingerprint density at radius 2 is 1.58 bits per heavy atom. The number of fused-ring (bicyclic) bond motifs is 1. The van der Waals surface area contributed by atoms with Crippen LogP contribution in [0.15, 0.2) is 66.9 Å². The Balaban J connectivity index is 2.08. The average Bonchev–Trinajstić information content (AvgIpc) is 2.48. The molecule has 19 heavy (non-hydrogen) atoms. The molecular formula is C17H15ClN+. The van der Waals surface area contributed by atoms with Crippen LogP contribution in [0.25, 0.3) is 10.8 Å². The summed E-state index contributed by atoms with van der Waals surface area (Å²) in [6.45, 7) is 0.855. The van der Waals surface area contributed by atoms with E-state index in [0.717, 1.165) is 6.54 Å². The minimum Gasteiger partial charge on any atom is -0.196 e. The summed E-state index contributed by atoms with van der Waals surface area (Å²) in [5, 5.41) is 2.47. The molecule has 0 saturated carbocycles. The molecule has 94 valence electrons. The van der Waals surface area contributed by atoms with Crippen LogP contribution in [0.3, 0.4) is 0 Å². The molecule has 2 aromatic carbocycles. The lowest BCUT2D eigenvalue weighted by molar-refractivity contribution is -0.693. The van der Waals surface area contributed by atoms with Gasteiger partial charge in [-0.25, -0.2) is 0 Å². The van der Waals surface area contributed by atoms with Crippen molar-refractivity contribution < 1.29 is 4.57 Å². The van der Waals surface area contributed by atoms with E-state index in [1.165, 1.54) is 22.0 Å². The molecule has 0 aliphatic heterocycles. The molecule has 2 heteroatoms. The van der Waals surface area contributed by atoms with Gasteiger partial charge in [0, 0.05) is 11.6 Å². The van der Waals surface area contributed by atoms with Gasteiger partial charge in [-0.15, -0.1) is 11.6 Å². The van der Waals surface area contributed by atoms with Gasteiger partial charge >= 0.3 is 0 Å². The molecule has 0 N–H and O–H groups in total. The van der Waals surface area contributed by atoms with E-state index in [2.05, 4.69) is 65.4 Å². The average molecular weight is 269 g/mol. The minimum absolute atomic E-state index is 0.522. The topological polar surface area (TPSA) is 3.88 Å². The number of hydrogen-bond acceptors (Lipinski definition) is 0. The van der Waals surface area contributed by atoms with E-state index in [0.29, 0.717) is 5.88 Å². The predicted molar refractivity (Wildman–Crippen MR) is 79.2 cm³/mol. The molecule has 0 spiro atoms. The first-order chi connectivity index (χ1) is 9.38. The Kier molecular flexibility index (Phi) is 3.47. The van der Waals surface area contributed by atoms with Crippen molar-refractivity contribution in [2.24, 2.45) is 0 Å². The van der Waals surface area contributed by atoms with E-state index in [4.69, 9.17) is 11.6 Å². The highest BCUT2D eigenvalue weighted by molar-refractivity contribution is 6.17. The molecule has 3 rings (SSSR count). The fourth-order valence-corrected chi connectivity index (χ4v) is 2.69. The zero-order valence-electron chi connectivity index (χ0n) is 10.6. The second kappa shape index (κ2) is 5.41. The van der Waals surface area contributed by atoms with Gasteiger partial charge in [0.1, 0.15) is 5.88 Å². The van der Waals surface area contributed by atoms with Gasteiger partial charge in [-0.3, -0.25) is 0 Å². The lowest BCUT2D eigenvalue weighted by atomic mass is 10.1. The van der Waals surface area contributed by atoms with Gasteiger partial charge in [0.25, 0.3) is 0 Å². The van der Waals surface area contributed by atoms with Crippen molar-refractivity contribution in [2.45, 2.75) is 12.4 Å². The zero-order chi connectivity index (χ0) is 13.1. The summed E-state index contributed by atoms with van der Waals surface area (Å²) in [5.74, 6) is 0.522. The lowest BCUT2D eigenvalue weighted by Crippen LogP contribution is -2.38. The van der Waals surface area contributed by atoms with Gasteiger partial charge in [-0.1, -0.05) is 48.5 Å². The van der Waals surface area contributed by atoms with Crippen molar-refractivity contribution in [3.63, 3.8) is 0 Å². The first kappa shape index (κ1) is 12.2. The number of pyridine rings is 1. The molecule has 3 aromatic rings. The molecule has 0 fully saturated rings. The van der Waals surface area contributed by atoms with Crippen LogP contribution in [0.5, 0.6) is 0 Å². The second-order valence-electron chi connectivity index (χ2n) is 4.60. The van der Waals surface area contributed by atoms with Gasteiger partial charge in [0.15, 0.2) is 12.7 Å². The standard InChI is InChI=1S/C17H15ClN/c18-12-17-16-9-5-4-8-15(16)10-11-19(17)13-14-6-2-1-3-7-14/h1-11H,12-13H2/q+1. The highest BCUT2D eigenvalue weighted by Gasteiger charge is 2.14. The smallest absolute Gasteiger partial charge is 0.196 e. The van der Waals surface area contributed by atoms with Crippen LogP contribution < -0.4 is 4.57 Å². The third-order valence-corrected chi connectivity index (χ3v) is 3.63. The summed E-state index contributed by atoms with van der Waals surface area (Å²) >= 11 is 6.16. The molecule has 1 aromatic heterocycles. The first-order valence-electron chi connectivity index (χ1n) is 6.38. The van der Waals surface area contributed by atoms with Crippen LogP contribution in [-0.2, 0) is 12.4 Å². The number of alkyl halides is 1. The Morgan fingerprint density at radius 3 is 2.37 bits per heavy atom. The number of aromatic nitrogens is 1. The van der Waals surface area contributed by atoms with Crippen molar-refractivity contribution in [3.05, 3.63) is 78.1 Å². The molecule has 0 radical (unpaired) electrons. The van der Waals surface area contributed by atoms with E-state index in [-0.39, 0.29) is 0 Å². The van der Waals surface area contributed by atoms with E-state index < -0.39 is 0 Å². The molecule has 0 atom stereocenters. The maximum Gasteiger partial charge on any atom is 0.204 e. The molecule has 0 saturated heterocycles. The quantitative estimate of drug-likeness (QED) is 0.501. The molecule has 0 unspecified atom stereocenters. The van der Waals surface area contributed by atoms with E-state index in [1.54, 1.807) is 0 Å². The summed E-state index contributed by atoms with van der Waals surface area (Å²) < 4.78 is 2.23. The van der Waals surface area contributed by atoms with E-state index >= 15 is 0 Å². The molecule has 0 aliphatic rings. The molecule has 0 amide bonds. The fourth-order valence-electron chi connectivity index (χ4n) is 2.40. The maximum absolute atomic E-state index is 6.16. The van der Waals surface area contributed by atoms with Gasteiger partial charge in [-0.2, -0.15) is 4.57 Å². The highest BCUT2D eigenvalue weighted by Crippen LogP contribution is 2.17.